The fourth-order valence-electron chi connectivity index (χ4n) is 8.92. The summed E-state index contributed by atoms with van der Waals surface area (Å²) in [7, 11) is 0. The van der Waals surface area contributed by atoms with Crippen molar-refractivity contribution < 1.29 is 14.4 Å². The van der Waals surface area contributed by atoms with Gasteiger partial charge in [0.2, 0.25) is 0 Å². The van der Waals surface area contributed by atoms with E-state index in [-0.39, 0.29) is 40.5 Å². The van der Waals surface area contributed by atoms with Gasteiger partial charge in [-0.25, -0.2) is 0 Å². The molecular formula is C67H62O3. The van der Waals surface area contributed by atoms with Gasteiger partial charge in [-0.05, 0) is 81.8 Å². The minimum absolute atomic E-state index is 0.0798. The number of rotatable bonds is 12. The second-order valence-corrected chi connectivity index (χ2v) is 18.8. The van der Waals surface area contributed by atoms with Crippen molar-refractivity contribution in [1.82, 2.24) is 0 Å². The molecule has 3 unspecified atom stereocenters. The number of Topliss-reactive ketones (excluding diaryl/α,β-unsaturated/α-hetero) is 3. The van der Waals surface area contributed by atoms with E-state index in [2.05, 4.69) is 77.9 Å². The standard InChI is InChI=1S/C25H26O.2C21H18O/c1-18-10-8-9-13-22(18)23(19-11-6-5-7-12-19)24(26)20-14-16-21(17-15-20)25(2,3)4;2*1-16-10-8-9-15-19(16)20(17-11-4-2-5-12-17)21(22)18-13-6-3-7-14-18/h5-17,23H,1-4H3;2*2-15,20H,1H3. The van der Waals surface area contributed by atoms with E-state index in [9.17, 15) is 14.4 Å². The smallest absolute Gasteiger partial charge is 0.174 e. The van der Waals surface area contributed by atoms with Gasteiger partial charge in [-0.15, -0.1) is 0 Å². The molecule has 0 aliphatic heterocycles. The van der Waals surface area contributed by atoms with Gasteiger partial charge in [0.05, 0.1) is 17.8 Å². The summed E-state index contributed by atoms with van der Waals surface area (Å²) in [6, 6.07) is 81.6. The molecule has 3 nitrogen and oxygen atoms in total. The molecule has 9 rings (SSSR count). The maximum Gasteiger partial charge on any atom is 0.174 e. The third-order valence-corrected chi connectivity index (χ3v) is 12.8. The van der Waals surface area contributed by atoms with Gasteiger partial charge in [0.1, 0.15) is 0 Å². The van der Waals surface area contributed by atoms with Gasteiger partial charge in [-0.1, -0.05) is 269 Å². The van der Waals surface area contributed by atoms with Crippen molar-refractivity contribution in [3.8, 4) is 0 Å². The summed E-state index contributed by atoms with van der Waals surface area (Å²) in [6.45, 7) is 12.7. The Labute approximate surface area is 415 Å². The number of carbonyl (C=O) groups is 3. The van der Waals surface area contributed by atoms with Crippen LogP contribution in [0.1, 0.15) is 125 Å². The molecule has 0 radical (unpaired) electrons. The van der Waals surface area contributed by atoms with Crippen molar-refractivity contribution in [1.29, 1.82) is 0 Å². The lowest BCUT2D eigenvalue weighted by atomic mass is 9.81. The first-order chi connectivity index (χ1) is 33.9. The zero-order valence-corrected chi connectivity index (χ0v) is 41.1. The van der Waals surface area contributed by atoms with Gasteiger partial charge in [0, 0.05) is 16.7 Å². The summed E-state index contributed by atoms with van der Waals surface area (Å²) in [5.74, 6) is -0.374. The average Bonchev–Trinajstić information content (AvgIpc) is 3.40. The number of carbonyl (C=O) groups excluding carboxylic acids is 3. The molecule has 3 atom stereocenters. The van der Waals surface area contributed by atoms with Crippen LogP contribution in [-0.2, 0) is 5.41 Å². The average molecular weight is 915 g/mol. The van der Waals surface area contributed by atoms with Gasteiger partial charge in [-0.3, -0.25) is 14.4 Å². The van der Waals surface area contributed by atoms with Crippen molar-refractivity contribution in [2.75, 3.05) is 0 Å². The molecule has 0 saturated heterocycles. The third kappa shape index (κ3) is 12.5. The molecule has 348 valence electrons. The molecule has 0 heterocycles. The van der Waals surface area contributed by atoms with Crippen molar-refractivity contribution in [3.63, 3.8) is 0 Å². The van der Waals surface area contributed by atoms with E-state index in [1.54, 1.807) is 0 Å². The Bertz CT molecular complexity index is 2940. The second kappa shape index (κ2) is 23.8. The summed E-state index contributed by atoms with van der Waals surface area (Å²) in [6.07, 6.45) is 0. The molecule has 0 aliphatic rings. The van der Waals surface area contributed by atoms with Crippen LogP contribution < -0.4 is 0 Å². The molecule has 70 heavy (non-hydrogen) atoms. The Morgan fingerprint density at radius 1 is 0.286 bits per heavy atom. The lowest BCUT2D eigenvalue weighted by molar-refractivity contribution is 0.0965. The summed E-state index contributed by atoms with van der Waals surface area (Å²) < 4.78 is 0. The van der Waals surface area contributed by atoms with Gasteiger partial charge >= 0.3 is 0 Å². The normalized spacial score (nSPS) is 12.1. The van der Waals surface area contributed by atoms with Crippen LogP contribution in [0.5, 0.6) is 0 Å². The first-order valence-corrected chi connectivity index (χ1v) is 24.1. The molecule has 0 amide bonds. The van der Waals surface area contributed by atoms with Crippen molar-refractivity contribution in [2.24, 2.45) is 0 Å². The van der Waals surface area contributed by atoms with E-state index < -0.39 is 0 Å². The highest BCUT2D eigenvalue weighted by atomic mass is 16.1. The monoisotopic (exact) mass is 914 g/mol. The van der Waals surface area contributed by atoms with Crippen molar-refractivity contribution in [3.05, 3.63) is 321 Å². The van der Waals surface area contributed by atoms with E-state index in [0.29, 0.717) is 0 Å². The number of hydrogen-bond donors (Lipinski definition) is 0. The van der Waals surface area contributed by atoms with Crippen molar-refractivity contribution in [2.45, 2.75) is 64.7 Å². The zero-order chi connectivity index (χ0) is 49.5. The maximum absolute atomic E-state index is 13.5. The largest absolute Gasteiger partial charge is 0.293 e. The number of aryl methyl sites for hydroxylation is 3. The lowest BCUT2D eigenvalue weighted by Gasteiger charge is -2.21. The highest BCUT2D eigenvalue weighted by molar-refractivity contribution is 6.04. The van der Waals surface area contributed by atoms with E-state index >= 15 is 0 Å². The fraction of sp³-hybridized carbons (Fsp3) is 0.149. The van der Waals surface area contributed by atoms with E-state index in [4.69, 9.17) is 0 Å². The van der Waals surface area contributed by atoms with Crippen molar-refractivity contribution >= 4 is 17.3 Å². The topological polar surface area (TPSA) is 51.2 Å². The Balaban J connectivity index is 0.000000155. The second-order valence-electron chi connectivity index (χ2n) is 18.8. The zero-order valence-electron chi connectivity index (χ0n) is 41.1. The van der Waals surface area contributed by atoms with Gasteiger partial charge in [0.15, 0.2) is 17.3 Å². The SMILES string of the molecule is Cc1ccccc1C(C(=O)c1ccc(C(C)(C)C)cc1)c1ccccc1.Cc1ccccc1C(C(=O)c1ccccc1)c1ccccc1.Cc1ccccc1C(C(=O)c1ccccc1)c1ccccc1. The van der Waals surface area contributed by atoms with Crippen LogP contribution in [0, 0.1) is 20.8 Å². The molecule has 0 aromatic heterocycles. The maximum atomic E-state index is 13.5. The van der Waals surface area contributed by atoms with E-state index in [1.165, 1.54) is 5.56 Å². The van der Waals surface area contributed by atoms with E-state index in [1.807, 2.05) is 212 Å². The molecule has 0 aliphatic carbocycles. The molecule has 0 saturated carbocycles. The highest BCUT2D eigenvalue weighted by Gasteiger charge is 2.28. The number of hydrogen-bond acceptors (Lipinski definition) is 3. The molecule has 9 aromatic rings. The van der Waals surface area contributed by atoms with Crippen LogP contribution in [0.25, 0.3) is 0 Å². The molecular weight excluding hydrogens is 853 g/mol. The van der Waals surface area contributed by atoms with E-state index in [0.717, 1.165) is 66.8 Å². The third-order valence-electron chi connectivity index (χ3n) is 12.8. The minimum atomic E-state index is -0.280. The Hall–Kier alpha value is -8.01. The quantitative estimate of drug-likeness (QED) is 0.115. The summed E-state index contributed by atoms with van der Waals surface area (Å²) in [5.41, 5.74) is 13.3. The van der Waals surface area contributed by atoms with Gasteiger partial charge < -0.3 is 0 Å². The summed E-state index contributed by atoms with van der Waals surface area (Å²) in [5, 5.41) is 0. The predicted molar refractivity (Wildman–Crippen MR) is 289 cm³/mol. The van der Waals surface area contributed by atoms with Crippen LogP contribution >= 0.6 is 0 Å². The first-order valence-electron chi connectivity index (χ1n) is 24.1. The van der Waals surface area contributed by atoms with Crippen LogP contribution in [-0.4, -0.2) is 17.3 Å². The lowest BCUT2D eigenvalue weighted by Crippen LogP contribution is -2.16. The van der Waals surface area contributed by atoms with Gasteiger partial charge in [0.25, 0.3) is 0 Å². The number of ketones is 3. The van der Waals surface area contributed by atoms with Crippen LogP contribution in [0.3, 0.4) is 0 Å². The Morgan fingerprint density at radius 2 is 0.514 bits per heavy atom. The van der Waals surface area contributed by atoms with Crippen LogP contribution in [0.4, 0.5) is 0 Å². The predicted octanol–water partition coefficient (Wildman–Crippen LogP) is 16.3. The van der Waals surface area contributed by atoms with Crippen LogP contribution in [0.15, 0.2) is 249 Å². The molecule has 0 bridgehead atoms. The summed E-state index contributed by atoms with van der Waals surface area (Å²) >= 11 is 0. The first kappa shape index (κ1) is 49.9. The molecule has 3 heteroatoms. The molecule has 0 fully saturated rings. The highest BCUT2D eigenvalue weighted by Crippen LogP contribution is 2.34. The summed E-state index contributed by atoms with van der Waals surface area (Å²) in [4.78, 5) is 39.7. The Kier molecular flexibility index (Phi) is 17.0. The number of benzene rings is 9. The fourth-order valence-corrected chi connectivity index (χ4v) is 8.92. The molecule has 0 N–H and O–H groups in total. The molecule has 9 aromatic carbocycles. The Morgan fingerprint density at radius 3 is 0.771 bits per heavy atom. The van der Waals surface area contributed by atoms with Gasteiger partial charge in [-0.2, -0.15) is 0 Å². The van der Waals surface area contributed by atoms with Crippen LogP contribution in [0.2, 0.25) is 0 Å². The molecule has 0 spiro atoms. The minimum Gasteiger partial charge on any atom is -0.293 e.